The first-order chi connectivity index (χ1) is 9.47. The number of rotatable bonds is 4. The van der Waals surface area contributed by atoms with E-state index in [9.17, 15) is 0 Å². The van der Waals surface area contributed by atoms with Gasteiger partial charge >= 0.3 is 0 Å². The minimum atomic E-state index is 0.459. The van der Waals surface area contributed by atoms with Gasteiger partial charge in [-0.05, 0) is 48.2 Å². The van der Waals surface area contributed by atoms with Crippen molar-refractivity contribution in [3.8, 4) is 11.1 Å². The molecule has 2 rings (SSSR count). The number of hydrogen-bond acceptors (Lipinski definition) is 1. The zero-order valence-electron chi connectivity index (χ0n) is 12.6. The van der Waals surface area contributed by atoms with Crippen LogP contribution in [0.5, 0.6) is 0 Å². The van der Waals surface area contributed by atoms with Crippen molar-refractivity contribution in [3.05, 3.63) is 58.1 Å². The second-order valence-electron chi connectivity index (χ2n) is 5.66. The van der Waals surface area contributed by atoms with Crippen LogP contribution in [0.15, 0.2) is 36.4 Å². The van der Waals surface area contributed by atoms with Gasteiger partial charge in [-0.25, -0.2) is 0 Å². The Labute approximate surface area is 127 Å². The molecule has 0 aliphatic carbocycles. The van der Waals surface area contributed by atoms with Crippen LogP contribution in [0, 0.1) is 13.8 Å². The summed E-state index contributed by atoms with van der Waals surface area (Å²) in [5, 5.41) is 4.26. The quantitative estimate of drug-likeness (QED) is 0.823. The van der Waals surface area contributed by atoms with E-state index >= 15 is 0 Å². The van der Waals surface area contributed by atoms with E-state index in [1.54, 1.807) is 0 Å². The molecule has 0 bridgehead atoms. The van der Waals surface area contributed by atoms with E-state index in [4.69, 9.17) is 11.6 Å². The van der Waals surface area contributed by atoms with E-state index < -0.39 is 0 Å². The minimum absolute atomic E-state index is 0.459. The van der Waals surface area contributed by atoms with E-state index in [1.165, 1.54) is 27.8 Å². The van der Waals surface area contributed by atoms with Gasteiger partial charge in [-0.3, -0.25) is 0 Å². The molecule has 0 saturated carbocycles. The second-order valence-corrected chi connectivity index (χ2v) is 6.09. The molecule has 20 heavy (non-hydrogen) atoms. The molecule has 0 heterocycles. The van der Waals surface area contributed by atoms with Crippen molar-refractivity contribution in [3.63, 3.8) is 0 Å². The highest BCUT2D eigenvalue weighted by Gasteiger charge is 2.09. The predicted molar refractivity (Wildman–Crippen MR) is 88.3 cm³/mol. The smallest absolute Gasteiger partial charge is 0.0409 e. The summed E-state index contributed by atoms with van der Waals surface area (Å²) in [5.41, 5.74) is 6.39. The summed E-state index contributed by atoms with van der Waals surface area (Å²) in [4.78, 5) is 0. The molecule has 0 spiro atoms. The van der Waals surface area contributed by atoms with E-state index in [1.807, 2.05) is 6.07 Å². The first kappa shape index (κ1) is 15.1. The normalized spacial score (nSPS) is 11.1. The highest BCUT2D eigenvalue weighted by Crippen LogP contribution is 2.29. The number of nitrogens with one attached hydrogen (secondary N) is 1. The van der Waals surface area contributed by atoms with Crippen LogP contribution in [0.4, 0.5) is 0 Å². The Bertz CT molecular complexity index is 602. The van der Waals surface area contributed by atoms with Gasteiger partial charge in [-0.15, -0.1) is 0 Å². The Balaban J connectivity index is 2.44. The monoisotopic (exact) mass is 287 g/mol. The second kappa shape index (κ2) is 6.43. The first-order valence-electron chi connectivity index (χ1n) is 7.07. The Morgan fingerprint density at radius 3 is 2.35 bits per heavy atom. The van der Waals surface area contributed by atoms with Crippen LogP contribution in [0.3, 0.4) is 0 Å². The lowest BCUT2D eigenvalue weighted by atomic mass is 9.94. The third-order valence-electron chi connectivity index (χ3n) is 3.44. The van der Waals surface area contributed by atoms with Crippen LogP contribution in [0.25, 0.3) is 11.1 Å². The maximum Gasteiger partial charge on any atom is 0.0409 e. The largest absolute Gasteiger partial charge is 0.310 e. The molecule has 1 nitrogen and oxygen atoms in total. The van der Waals surface area contributed by atoms with Crippen molar-refractivity contribution < 1.29 is 0 Å². The van der Waals surface area contributed by atoms with Gasteiger partial charge in [0, 0.05) is 17.6 Å². The standard InChI is InChI=1S/C18H22ClN/c1-12(2)20-11-15-10-16(19)6-8-18(15)17-7-5-13(3)9-14(17)4/h5-10,12,20H,11H2,1-4H3. The van der Waals surface area contributed by atoms with Crippen molar-refractivity contribution >= 4 is 11.6 Å². The van der Waals surface area contributed by atoms with Gasteiger partial charge in [0.05, 0.1) is 0 Å². The van der Waals surface area contributed by atoms with E-state index in [0.29, 0.717) is 6.04 Å². The molecule has 0 radical (unpaired) electrons. The van der Waals surface area contributed by atoms with E-state index in [-0.39, 0.29) is 0 Å². The lowest BCUT2D eigenvalue weighted by Gasteiger charge is -2.15. The van der Waals surface area contributed by atoms with Crippen molar-refractivity contribution in [2.75, 3.05) is 0 Å². The van der Waals surface area contributed by atoms with Gasteiger partial charge in [-0.1, -0.05) is 55.3 Å². The third-order valence-corrected chi connectivity index (χ3v) is 3.68. The predicted octanol–water partition coefficient (Wildman–Crippen LogP) is 5.12. The molecule has 106 valence electrons. The fraction of sp³-hybridized carbons (Fsp3) is 0.333. The van der Waals surface area contributed by atoms with E-state index in [2.05, 4.69) is 63.3 Å². The molecule has 0 saturated heterocycles. The number of hydrogen-bond donors (Lipinski definition) is 1. The summed E-state index contributed by atoms with van der Waals surface area (Å²) in [6.07, 6.45) is 0. The summed E-state index contributed by atoms with van der Waals surface area (Å²) in [6, 6.07) is 13.2. The van der Waals surface area contributed by atoms with Gasteiger partial charge in [0.25, 0.3) is 0 Å². The Hall–Kier alpha value is -1.31. The molecular formula is C18H22ClN. The summed E-state index contributed by atoms with van der Waals surface area (Å²) in [5.74, 6) is 0. The zero-order valence-corrected chi connectivity index (χ0v) is 13.4. The molecule has 0 fully saturated rings. The summed E-state index contributed by atoms with van der Waals surface area (Å²) in [7, 11) is 0. The topological polar surface area (TPSA) is 12.0 Å². The van der Waals surface area contributed by atoms with Crippen LogP contribution in [-0.2, 0) is 6.54 Å². The van der Waals surface area contributed by atoms with Gasteiger partial charge in [0.15, 0.2) is 0 Å². The van der Waals surface area contributed by atoms with Crippen LogP contribution in [0.2, 0.25) is 5.02 Å². The van der Waals surface area contributed by atoms with Crippen molar-refractivity contribution in [1.82, 2.24) is 5.32 Å². The van der Waals surface area contributed by atoms with Crippen molar-refractivity contribution in [1.29, 1.82) is 0 Å². The molecule has 0 atom stereocenters. The maximum absolute atomic E-state index is 6.16. The number of aryl methyl sites for hydroxylation is 2. The molecule has 2 heteroatoms. The third kappa shape index (κ3) is 3.62. The Kier molecular flexibility index (Phi) is 4.85. The lowest BCUT2D eigenvalue weighted by molar-refractivity contribution is 0.589. The molecule has 0 aliphatic heterocycles. The van der Waals surface area contributed by atoms with Crippen molar-refractivity contribution in [2.45, 2.75) is 40.3 Å². The van der Waals surface area contributed by atoms with Crippen LogP contribution < -0.4 is 5.32 Å². The van der Waals surface area contributed by atoms with E-state index in [0.717, 1.165) is 11.6 Å². The Morgan fingerprint density at radius 1 is 1.00 bits per heavy atom. The van der Waals surface area contributed by atoms with Crippen LogP contribution >= 0.6 is 11.6 Å². The zero-order chi connectivity index (χ0) is 14.7. The number of halogens is 1. The fourth-order valence-electron chi connectivity index (χ4n) is 2.40. The van der Waals surface area contributed by atoms with Gasteiger partial charge in [-0.2, -0.15) is 0 Å². The molecule has 0 aliphatic rings. The molecule has 1 N–H and O–H groups in total. The van der Waals surface area contributed by atoms with Gasteiger partial charge in [0.1, 0.15) is 0 Å². The molecule has 0 aromatic heterocycles. The highest BCUT2D eigenvalue weighted by atomic mass is 35.5. The Morgan fingerprint density at radius 2 is 1.70 bits per heavy atom. The van der Waals surface area contributed by atoms with Gasteiger partial charge < -0.3 is 5.32 Å². The van der Waals surface area contributed by atoms with Gasteiger partial charge in [0.2, 0.25) is 0 Å². The lowest BCUT2D eigenvalue weighted by Crippen LogP contribution is -2.22. The average molecular weight is 288 g/mol. The molecule has 2 aromatic carbocycles. The van der Waals surface area contributed by atoms with Crippen molar-refractivity contribution in [2.24, 2.45) is 0 Å². The summed E-state index contributed by atoms with van der Waals surface area (Å²) in [6.45, 7) is 9.43. The molecule has 0 unspecified atom stereocenters. The fourth-order valence-corrected chi connectivity index (χ4v) is 2.60. The first-order valence-corrected chi connectivity index (χ1v) is 7.44. The SMILES string of the molecule is Cc1ccc(-c2ccc(Cl)cc2CNC(C)C)c(C)c1. The van der Waals surface area contributed by atoms with Crippen LogP contribution in [0.1, 0.15) is 30.5 Å². The minimum Gasteiger partial charge on any atom is -0.310 e. The highest BCUT2D eigenvalue weighted by molar-refractivity contribution is 6.30. The summed E-state index contributed by atoms with van der Waals surface area (Å²) >= 11 is 6.16. The molecule has 2 aromatic rings. The molecular weight excluding hydrogens is 266 g/mol. The number of benzene rings is 2. The molecule has 0 amide bonds. The van der Waals surface area contributed by atoms with Crippen LogP contribution in [-0.4, -0.2) is 6.04 Å². The summed E-state index contributed by atoms with van der Waals surface area (Å²) < 4.78 is 0. The average Bonchev–Trinajstić information content (AvgIpc) is 2.37. The maximum atomic E-state index is 6.16.